The molecular weight excluding hydrogens is 198 g/mol. The SMILES string of the molecule is COCCC(N)C(=O)c1ccsc1C. The molecule has 1 aromatic heterocycles. The Morgan fingerprint density at radius 2 is 2.43 bits per heavy atom. The van der Waals surface area contributed by atoms with Crippen molar-refractivity contribution in [3.05, 3.63) is 21.9 Å². The number of hydrogen-bond donors (Lipinski definition) is 1. The van der Waals surface area contributed by atoms with Gasteiger partial charge in [0.05, 0.1) is 6.04 Å². The van der Waals surface area contributed by atoms with Crippen molar-refractivity contribution in [1.82, 2.24) is 0 Å². The second kappa shape index (κ2) is 5.24. The average Bonchev–Trinajstić information content (AvgIpc) is 2.59. The van der Waals surface area contributed by atoms with Crippen LogP contribution in [0.4, 0.5) is 0 Å². The lowest BCUT2D eigenvalue weighted by Crippen LogP contribution is -2.31. The molecule has 0 spiro atoms. The maximum Gasteiger partial charge on any atom is 0.180 e. The predicted octanol–water partition coefficient (Wildman–Crippen LogP) is 1.60. The second-order valence-corrected chi connectivity index (χ2v) is 4.26. The molecule has 0 bridgehead atoms. The number of rotatable bonds is 5. The Kier molecular flexibility index (Phi) is 4.25. The molecule has 0 saturated heterocycles. The van der Waals surface area contributed by atoms with Gasteiger partial charge in [0.1, 0.15) is 0 Å². The van der Waals surface area contributed by atoms with Gasteiger partial charge >= 0.3 is 0 Å². The van der Waals surface area contributed by atoms with Crippen LogP contribution in [-0.2, 0) is 4.74 Å². The third-order valence-corrected chi connectivity index (χ3v) is 2.94. The first-order valence-corrected chi connectivity index (χ1v) is 5.37. The van der Waals surface area contributed by atoms with Gasteiger partial charge in [-0.05, 0) is 24.8 Å². The van der Waals surface area contributed by atoms with Crippen LogP contribution in [0.5, 0.6) is 0 Å². The van der Waals surface area contributed by atoms with E-state index in [2.05, 4.69) is 0 Å². The molecular formula is C10H15NO2S. The van der Waals surface area contributed by atoms with Gasteiger partial charge in [0, 0.05) is 24.2 Å². The molecule has 4 heteroatoms. The minimum Gasteiger partial charge on any atom is -0.385 e. The van der Waals surface area contributed by atoms with E-state index < -0.39 is 6.04 Å². The Bertz CT molecular complexity index is 309. The van der Waals surface area contributed by atoms with Gasteiger partial charge in [0.15, 0.2) is 5.78 Å². The average molecular weight is 213 g/mol. The lowest BCUT2D eigenvalue weighted by atomic mass is 10.0. The van der Waals surface area contributed by atoms with Crippen molar-refractivity contribution >= 4 is 17.1 Å². The minimum absolute atomic E-state index is 0.0146. The number of thiophene rings is 1. The second-order valence-electron chi connectivity index (χ2n) is 3.14. The number of ether oxygens (including phenoxy) is 1. The largest absolute Gasteiger partial charge is 0.385 e. The number of nitrogens with two attached hydrogens (primary N) is 1. The van der Waals surface area contributed by atoms with E-state index in [0.717, 1.165) is 10.4 Å². The van der Waals surface area contributed by atoms with E-state index in [1.807, 2.05) is 18.4 Å². The number of Topliss-reactive ketones (excluding diaryl/α,β-unsaturated/α-hetero) is 1. The maximum atomic E-state index is 11.8. The molecule has 1 unspecified atom stereocenters. The van der Waals surface area contributed by atoms with Crippen molar-refractivity contribution in [1.29, 1.82) is 0 Å². The molecule has 0 aliphatic rings. The minimum atomic E-state index is -0.441. The molecule has 0 amide bonds. The predicted molar refractivity (Wildman–Crippen MR) is 57.9 cm³/mol. The molecule has 1 rings (SSSR count). The summed E-state index contributed by atoms with van der Waals surface area (Å²) in [6.07, 6.45) is 0.574. The summed E-state index contributed by atoms with van der Waals surface area (Å²) in [7, 11) is 1.60. The Morgan fingerprint density at radius 1 is 1.71 bits per heavy atom. The smallest absolute Gasteiger partial charge is 0.180 e. The number of hydrogen-bond acceptors (Lipinski definition) is 4. The highest BCUT2D eigenvalue weighted by Gasteiger charge is 2.17. The standard InChI is InChI=1S/C10H15NO2S/c1-7-8(4-6-14-7)10(12)9(11)3-5-13-2/h4,6,9H,3,5,11H2,1-2H3. The summed E-state index contributed by atoms with van der Waals surface area (Å²) in [6, 6.07) is 1.39. The van der Waals surface area contributed by atoms with E-state index in [9.17, 15) is 4.79 Å². The molecule has 1 heterocycles. The Balaban J connectivity index is 2.61. The van der Waals surface area contributed by atoms with Gasteiger partial charge in [-0.3, -0.25) is 4.79 Å². The van der Waals surface area contributed by atoms with Crippen molar-refractivity contribution < 1.29 is 9.53 Å². The monoisotopic (exact) mass is 213 g/mol. The number of ketones is 1. The van der Waals surface area contributed by atoms with Gasteiger partial charge in [0.2, 0.25) is 0 Å². The number of carbonyl (C=O) groups excluding carboxylic acids is 1. The van der Waals surface area contributed by atoms with Crippen LogP contribution < -0.4 is 5.73 Å². The highest BCUT2D eigenvalue weighted by Crippen LogP contribution is 2.17. The first-order chi connectivity index (χ1) is 6.66. The number of methoxy groups -OCH3 is 1. The highest BCUT2D eigenvalue weighted by molar-refractivity contribution is 7.10. The Morgan fingerprint density at radius 3 is 2.93 bits per heavy atom. The van der Waals surface area contributed by atoms with E-state index in [1.54, 1.807) is 18.4 Å². The number of carbonyl (C=O) groups is 1. The van der Waals surface area contributed by atoms with Gasteiger partial charge < -0.3 is 10.5 Å². The van der Waals surface area contributed by atoms with E-state index in [4.69, 9.17) is 10.5 Å². The van der Waals surface area contributed by atoms with Crippen molar-refractivity contribution in [2.75, 3.05) is 13.7 Å². The maximum absolute atomic E-state index is 11.8. The van der Waals surface area contributed by atoms with Crippen molar-refractivity contribution in [3.8, 4) is 0 Å². The fourth-order valence-corrected chi connectivity index (χ4v) is 1.92. The molecule has 0 fully saturated rings. The molecule has 0 saturated carbocycles. The zero-order valence-corrected chi connectivity index (χ0v) is 9.26. The van der Waals surface area contributed by atoms with Crippen molar-refractivity contribution in [2.45, 2.75) is 19.4 Å². The van der Waals surface area contributed by atoms with E-state index >= 15 is 0 Å². The molecule has 0 aliphatic heterocycles. The topological polar surface area (TPSA) is 52.3 Å². The van der Waals surface area contributed by atoms with Crippen LogP contribution in [0.2, 0.25) is 0 Å². The van der Waals surface area contributed by atoms with Gasteiger partial charge in [-0.2, -0.15) is 0 Å². The zero-order valence-electron chi connectivity index (χ0n) is 8.45. The van der Waals surface area contributed by atoms with Gasteiger partial charge in [-0.25, -0.2) is 0 Å². The molecule has 0 aliphatic carbocycles. The van der Waals surface area contributed by atoms with Crippen LogP contribution in [0, 0.1) is 6.92 Å². The number of aryl methyl sites for hydroxylation is 1. The summed E-state index contributed by atoms with van der Waals surface area (Å²) in [5.41, 5.74) is 6.49. The zero-order chi connectivity index (χ0) is 10.6. The fraction of sp³-hybridized carbons (Fsp3) is 0.500. The Hall–Kier alpha value is -0.710. The molecule has 1 atom stereocenters. The lowest BCUT2D eigenvalue weighted by Gasteiger charge is -2.09. The molecule has 78 valence electrons. The van der Waals surface area contributed by atoms with Crippen LogP contribution in [0.3, 0.4) is 0 Å². The van der Waals surface area contributed by atoms with E-state index in [0.29, 0.717) is 13.0 Å². The summed E-state index contributed by atoms with van der Waals surface area (Å²) in [5, 5.41) is 1.91. The Labute approximate surface area is 87.9 Å². The first-order valence-electron chi connectivity index (χ1n) is 4.49. The summed E-state index contributed by atoms with van der Waals surface area (Å²) >= 11 is 1.57. The van der Waals surface area contributed by atoms with Gasteiger partial charge in [-0.15, -0.1) is 11.3 Å². The molecule has 3 nitrogen and oxygen atoms in total. The molecule has 0 aromatic carbocycles. The molecule has 2 N–H and O–H groups in total. The molecule has 0 radical (unpaired) electrons. The van der Waals surface area contributed by atoms with Gasteiger partial charge in [-0.1, -0.05) is 0 Å². The van der Waals surface area contributed by atoms with E-state index in [-0.39, 0.29) is 5.78 Å². The molecule has 1 aromatic rings. The normalized spacial score (nSPS) is 12.8. The lowest BCUT2D eigenvalue weighted by molar-refractivity contribution is 0.0935. The quantitative estimate of drug-likeness (QED) is 0.756. The third-order valence-electron chi connectivity index (χ3n) is 2.09. The fourth-order valence-electron chi connectivity index (χ4n) is 1.22. The van der Waals surface area contributed by atoms with Crippen LogP contribution >= 0.6 is 11.3 Å². The van der Waals surface area contributed by atoms with Crippen molar-refractivity contribution in [3.63, 3.8) is 0 Å². The summed E-state index contributed by atoms with van der Waals surface area (Å²) < 4.78 is 4.88. The summed E-state index contributed by atoms with van der Waals surface area (Å²) in [4.78, 5) is 12.8. The molecule has 14 heavy (non-hydrogen) atoms. The summed E-state index contributed by atoms with van der Waals surface area (Å²) in [5.74, 6) is 0.0146. The first kappa shape index (κ1) is 11.4. The van der Waals surface area contributed by atoms with Crippen molar-refractivity contribution in [2.24, 2.45) is 5.73 Å². The highest BCUT2D eigenvalue weighted by atomic mass is 32.1. The van der Waals surface area contributed by atoms with Crippen LogP contribution in [0.15, 0.2) is 11.4 Å². The van der Waals surface area contributed by atoms with Gasteiger partial charge in [0.25, 0.3) is 0 Å². The summed E-state index contributed by atoms with van der Waals surface area (Å²) in [6.45, 7) is 2.46. The van der Waals surface area contributed by atoms with Crippen LogP contribution in [0.25, 0.3) is 0 Å². The van der Waals surface area contributed by atoms with Crippen LogP contribution in [0.1, 0.15) is 21.7 Å². The van der Waals surface area contributed by atoms with Crippen LogP contribution in [-0.4, -0.2) is 25.5 Å². The third kappa shape index (κ3) is 2.64. The van der Waals surface area contributed by atoms with E-state index in [1.165, 1.54) is 0 Å².